The van der Waals surface area contributed by atoms with Crippen molar-refractivity contribution in [2.24, 2.45) is 0 Å². The van der Waals surface area contributed by atoms with Gasteiger partial charge in [-0.2, -0.15) is 4.31 Å². The highest BCUT2D eigenvalue weighted by Crippen LogP contribution is 2.21. The highest BCUT2D eigenvalue weighted by Gasteiger charge is 2.25. The fourth-order valence-corrected chi connectivity index (χ4v) is 5.36. The maximum atomic E-state index is 12.9. The van der Waals surface area contributed by atoms with Crippen molar-refractivity contribution in [1.82, 2.24) is 9.62 Å². The highest BCUT2D eigenvalue weighted by molar-refractivity contribution is 7.89. The number of thiophene rings is 1. The molecule has 140 valence electrons. The lowest BCUT2D eigenvalue weighted by molar-refractivity contribution is 0.0954. The van der Waals surface area contributed by atoms with E-state index in [1.165, 1.54) is 10.9 Å². The van der Waals surface area contributed by atoms with Crippen LogP contribution in [-0.4, -0.2) is 38.3 Å². The molecule has 0 aliphatic carbocycles. The molecule has 0 atom stereocenters. The van der Waals surface area contributed by atoms with Crippen LogP contribution in [0.4, 0.5) is 0 Å². The molecule has 0 bridgehead atoms. The normalized spacial score (nSPS) is 16.2. The predicted octanol–water partition coefficient (Wildman–Crippen LogP) is 3.29. The van der Waals surface area contributed by atoms with E-state index in [0.717, 1.165) is 32.1 Å². The van der Waals surface area contributed by atoms with Crippen molar-refractivity contribution in [3.8, 4) is 0 Å². The minimum Gasteiger partial charge on any atom is -0.352 e. The molecule has 1 aromatic carbocycles. The van der Waals surface area contributed by atoms with Gasteiger partial charge in [0.25, 0.3) is 5.91 Å². The second kappa shape index (κ2) is 8.79. The monoisotopic (exact) mass is 392 g/mol. The maximum absolute atomic E-state index is 12.9. The molecule has 1 saturated heterocycles. The van der Waals surface area contributed by atoms with Gasteiger partial charge in [-0.3, -0.25) is 4.79 Å². The van der Waals surface area contributed by atoms with E-state index in [1.54, 1.807) is 33.8 Å². The van der Waals surface area contributed by atoms with Crippen LogP contribution in [0.2, 0.25) is 0 Å². The molecule has 5 nitrogen and oxygen atoms in total. The van der Waals surface area contributed by atoms with Crippen LogP contribution in [-0.2, 0) is 16.4 Å². The van der Waals surface area contributed by atoms with E-state index in [1.807, 2.05) is 17.5 Å². The van der Waals surface area contributed by atoms with Gasteiger partial charge in [-0.1, -0.05) is 25.0 Å². The van der Waals surface area contributed by atoms with Gasteiger partial charge in [-0.15, -0.1) is 11.3 Å². The summed E-state index contributed by atoms with van der Waals surface area (Å²) in [5.74, 6) is -0.241. The number of carbonyl (C=O) groups is 1. The number of hydrogen-bond acceptors (Lipinski definition) is 4. The topological polar surface area (TPSA) is 66.5 Å². The van der Waals surface area contributed by atoms with E-state index < -0.39 is 10.0 Å². The average Bonchev–Trinajstić information content (AvgIpc) is 3.00. The molecule has 26 heavy (non-hydrogen) atoms. The van der Waals surface area contributed by atoms with Gasteiger partial charge in [0, 0.05) is 30.1 Å². The van der Waals surface area contributed by atoms with Crippen molar-refractivity contribution in [2.45, 2.75) is 37.0 Å². The Morgan fingerprint density at radius 1 is 1.08 bits per heavy atom. The summed E-state index contributed by atoms with van der Waals surface area (Å²) in [6.45, 7) is 1.64. The third-order valence-corrected chi connectivity index (χ3v) is 7.37. The van der Waals surface area contributed by atoms with Gasteiger partial charge < -0.3 is 5.32 Å². The van der Waals surface area contributed by atoms with Gasteiger partial charge in [0.15, 0.2) is 0 Å². The van der Waals surface area contributed by atoms with Crippen LogP contribution in [0.15, 0.2) is 46.7 Å². The Hall–Kier alpha value is -1.70. The van der Waals surface area contributed by atoms with Gasteiger partial charge in [-0.25, -0.2) is 8.42 Å². The molecule has 3 rings (SSSR count). The van der Waals surface area contributed by atoms with E-state index in [2.05, 4.69) is 5.32 Å². The zero-order chi connectivity index (χ0) is 18.4. The van der Waals surface area contributed by atoms with Crippen molar-refractivity contribution in [3.63, 3.8) is 0 Å². The second-order valence-corrected chi connectivity index (χ2v) is 9.40. The molecule has 1 N–H and O–H groups in total. The first-order valence-electron chi connectivity index (χ1n) is 8.98. The number of nitrogens with zero attached hydrogens (tertiary/aromatic N) is 1. The lowest BCUT2D eigenvalue weighted by Crippen LogP contribution is -2.32. The summed E-state index contributed by atoms with van der Waals surface area (Å²) in [4.78, 5) is 13.8. The quantitative estimate of drug-likeness (QED) is 0.820. The van der Waals surface area contributed by atoms with Gasteiger partial charge >= 0.3 is 0 Å². The molecule has 1 amide bonds. The SMILES string of the molecule is O=C(NCCc1cccs1)c1cccc(S(=O)(=O)N2CCCCCC2)c1. The fraction of sp³-hybridized carbons (Fsp3) is 0.421. The van der Waals surface area contributed by atoms with Crippen LogP contribution < -0.4 is 5.32 Å². The number of sulfonamides is 1. The molecular formula is C19H24N2O3S2. The lowest BCUT2D eigenvalue weighted by atomic mass is 10.2. The van der Waals surface area contributed by atoms with Crippen molar-refractivity contribution in [1.29, 1.82) is 0 Å². The van der Waals surface area contributed by atoms with Crippen molar-refractivity contribution in [3.05, 3.63) is 52.2 Å². The Kier molecular flexibility index (Phi) is 6.45. The fourth-order valence-electron chi connectivity index (χ4n) is 3.09. The summed E-state index contributed by atoms with van der Waals surface area (Å²) >= 11 is 1.66. The number of amides is 1. The van der Waals surface area contributed by atoms with Crippen molar-refractivity contribution < 1.29 is 13.2 Å². The number of nitrogens with one attached hydrogen (secondary N) is 1. The van der Waals surface area contributed by atoms with Gasteiger partial charge in [0.05, 0.1) is 4.90 Å². The maximum Gasteiger partial charge on any atom is 0.251 e. The summed E-state index contributed by atoms with van der Waals surface area (Å²) < 4.78 is 27.3. The molecule has 1 aliphatic rings. The van der Waals surface area contributed by atoms with E-state index in [0.29, 0.717) is 25.2 Å². The Morgan fingerprint density at radius 3 is 2.54 bits per heavy atom. The second-order valence-electron chi connectivity index (χ2n) is 6.43. The molecule has 0 unspecified atom stereocenters. The van der Waals surface area contributed by atoms with Crippen molar-refractivity contribution >= 4 is 27.3 Å². The molecule has 1 aliphatic heterocycles. The molecule has 7 heteroatoms. The Labute approximate surface area is 159 Å². The van der Waals surface area contributed by atoms with Crippen LogP contribution in [0, 0.1) is 0 Å². The van der Waals surface area contributed by atoms with E-state index in [9.17, 15) is 13.2 Å². The van der Waals surface area contributed by atoms with E-state index in [-0.39, 0.29) is 10.8 Å². The van der Waals surface area contributed by atoms with Crippen LogP contribution >= 0.6 is 11.3 Å². The first-order chi connectivity index (χ1) is 12.6. The number of hydrogen-bond donors (Lipinski definition) is 1. The minimum atomic E-state index is -3.54. The van der Waals surface area contributed by atoms with Crippen LogP contribution in [0.25, 0.3) is 0 Å². The molecule has 1 aromatic heterocycles. The van der Waals surface area contributed by atoms with Crippen LogP contribution in [0.5, 0.6) is 0 Å². The standard InChI is InChI=1S/C19H24N2O3S2/c22-19(20-11-10-17-8-6-14-25-17)16-7-5-9-18(15-16)26(23,24)21-12-3-1-2-4-13-21/h5-9,14-15H,1-4,10-13H2,(H,20,22). The van der Waals surface area contributed by atoms with Gasteiger partial charge in [-0.05, 0) is 48.9 Å². The largest absolute Gasteiger partial charge is 0.352 e. The molecule has 0 spiro atoms. The first-order valence-corrected chi connectivity index (χ1v) is 11.3. The van der Waals surface area contributed by atoms with Gasteiger partial charge in [0.1, 0.15) is 0 Å². The smallest absolute Gasteiger partial charge is 0.251 e. The minimum absolute atomic E-state index is 0.199. The number of benzene rings is 1. The molecule has 0 radical (unpaired) electrons. The van der Waals surface area contributed by atoms with Crippen LogP contribution in [0.1, 0.15) is 40.9 Å². The zero-order valence-electron chi connectivity index (χ0n) is 14.7. The predicted molar refractivity (Wildman–Crippen MR) is 104 cm³/mol. The lowest BCUT2D eigenvalue weighted by Gasteiger charge is -2.20. The summed E-state index contributed by atoms with van der Waals surface area (Å²) in [6.07, 6.45) is 4.69. The zero-order valence-corrected chi connectivity index (χ0v) is 16.3. The molecular weight excluding hydrogens is 368 g/mol. The van der Waals surface area contributed by atoms with Crippen LogP contribution in [0.3, 0.4) is 0 Å². The highest BCUT2D eigenvalue weighted by atomic mass is 32.2. The summed E-state index contributed by atoms with van der Waals surface area (Å²) in [6, 6.07) is 10.4. The van der Waals surface area contributed by atoms with E-state index >= 15 is 0 Å². The molecule has 2 heterocycles. The third-order valence-electron chi connectivity index (χ3n) is 4.54. The Bertz CT molecular complexity index is 824. The Balaban J connectivity index is 1.67. The summed E-state index contributed by atoms with van der Waals surface area (Å²) in [5.41, 5.74) is 0.382. The molecule has 2 aromatic rings. The number of carbonyl (C=O) groups excluding carboxylic acids is 1. The summed E-state index contributed by atoms with van der Waals surface area (Å²) in [7, 11) is -3.54. The average molecular weight is 393 g/mol. The van der Waals surface area contributed by atoms with Gasteiger partial charge in [0.2, 0.25) is 10.0 Å². The van der Waals surface area contributed by atoms with E-state index in [4.69, 9.17) is 0 Å². The molecule has 0 saturated carbocycles. The third kappa shape index (κ3) is 4.72. The number of rotatable bonds is 6. The summed E-state index contributed by atoms with van der Waals surface area (Å²) in [5, 5.41) is 4.87. The first kappa shape index (κ1) is 19.1. The van der Waals surface area contributed by atoms with Crippen molar-refractivity contribution in [2.75, 3.05) is 19.6 Å². The Morgan fingerprint density at radius 2 is 1.85 bits per heavy atom. The molecule has 1 fully saturated rings.